The van der Waals surface area contributed by atoms with Crippen LogP contribution < -0.4 is 10.1 Å². The molecule has 2 bridgehead atoms. The summed E-state index contributed by atoms with van der Waals surface area (Å²) in [6.07, 6.45) is 3.75. The number of carbonyl (C=O) groups excluding carboxylic acids is 1. The van der Waals surface area contributed by atoms with E-state index in [9.17, 15) is 4.79 Å². The molecule has 2 aliphatic rings. The summed E-state index contributed by atoms with van der Waals surface area (Å²) in [6.45, 7) is 6.98. The van der Waals surface area contributed by atoms with Crippen molar-refractivity contribution < 1.29 is 9.53 Å². The van der Waals surface area contributed by atoms with Crippen LogP contribution in [-0.2, 0) is 7.05 Å². The van der Waals surface area contributed by atoms with Crippen molar-refractivity contribution in [3.8, 4) is 5.75 Å². The molecule has 25 heavy (non-hydrogen) atoms. The van der Waals surface area contributed by atoms with Gasteiger partial charge >= 0.3 is 0 Å². The van der Waals surface area contributed by atoms with Gasteiger partial charge < -0.3 is 14.6 Å². The Bertz CT molecular complexity index is 846. The second-order valence-electron chi connectivity index (χ2n) is 8.83. The van der Waals surface area contributed by atoms with E-state index in [2.05, 4.69) is 26.1 Å². The number of methoxy groups -OCH3 is 1. The summed E-state index contributed by atoms with van der Waals surface area (Å²) in [5, 5.41) is 4.43. The maximum Gasteiger partial charge on any atom is 0.268 e. The van der Waals surface area contributed by atoms with Crippen molar-refractivity contribution in [2.24, 2.45) is 23.8 Å². The highest BCUT2D eigenvalue weighted by Gasteiger charge is 2.59. The maximum absolute atomic E-state index is 13.1. The first-order chi connectivity index (χ1) is 11.8. The molecule has 2 unspecified atom stereocenters. The fourth-order valence-electron chi connectivity index (χ4n) is 5.54. The fraction of sp³-hybridized carbons (Fsp3) is 0.571. The van der Waals surface area contributed by atoms with Crippen molar-refractivity contribution in [3.63, 3.8) is 0 Å². The van der Waals surface area contributed by atoms with Gasteiger partial charge in [-0.3, -0.25) is 4.79 Å². The molecular formula is C21H28N2O2. The van der Waals surface area contributed by atoms with Crippen molar-refractivity contribution >= 4 is 16.8 Å². The van der Waals surface area contributed by atoms with Crippen LogP contribution in [0.5, 0.6) is 5.75 Å². The number of carbonyl (C=O) groups is 1. The number of benzene rings is 1. The van der Waals surface area contributed by atoms with Crippen LogP contribution in [0.3, 0.4) is 0 Å². The summed E-state index contributed by atoms with van der Waals surface area (Å²) in [4.78, 5) is 13.1. The van der Waals surface area contributed by atoms with Crippen LogP contribution in [0.1, 0.15) is 50.5 Å². The summed E-state index contributed by atoms with van der Waals surface area (Å²) in [5.41, 5.74) is 2.16. The molecule has 0 radical (unpaired) electrons. The van der Waals surface area contributed by atoms with Crippen LogP contribution in [0.4, 0.5) is 0 Å². The molecule has 134 valence electrons. The highest BCUT2D eigenvalue weighted by Crippen LogP contribution is 2.62. The lowest BCUT2D eigenvalue weighted by Gasteiger charge is -2.43. The molecule has 2 saturated carbocycles. The Kier molecular flexibility index (Phi) is 3.47. The Balaban J connectivity index is 1.66. The number of rotatable bonds is 3. The third kappa shape index (κ3) is 2.30. The lowest BCUT2D eigenvalue weighted by Crippen LogP contribution is -2.52. The molecule has 4 rings (SSSR count). The molecule has 2 aliphatic carbocycles. The van der Waals surface area contributed by atoms with E-state index in [4.69, 9.17) is 4.74 Å². The first kappa shape index (κ1) is 16.5. The van der Waals surface area contributed by atoms with E-state index in [1.807, 2.05) is 35.9 Å². The predicted molar refractivity (Wildman–Crippen MR) is 100.0 cm³/mol. The number of aryl methyl sites for hydroxylation is 1. The highest BCUT2D eigenvalue weighted by atomic mass is 16.5. The molecule has 2 fully saturated rings. The van der Waals surface area contributed by atoms with E-state index in [0.29, 0.717) is 5.69 Å². The van der Waals surface area contributed by atoms with E-state index in [0.717, 1.165) is 22.6 Å². The van der Waals surface area contributed by atoms with E-state index >= 15 is 0 Å². The number of aromatic nitrogens is 1. The molecule has 1 aromatic carbocycles. The van der Waals surface area contributed by atoms with Gasteiger partial charge in [-0.25, -0.2) is 0 Å². The average Bonchev–Trinajstić information content (AvgIpc) is 3.18. The summed E-state index contributed by atoms with van der Waals surface area (Å²) in [7, 11) is 3.62. The molecule has 0 aliphatic heterocycles. The lowest BCUT2D eigenvalue weighted by molar-refractivity contribution is 0.0731. The number of nitrogens with zero attached hydrogens (tertiary/aromatic N) is 1. The van der Waals surface area contributed by atoms with Gasteiger partial charge in [0.1, 0.15) is 11.4 Å². The molecule has 1 aromatic heterocycles. The van der Waals surface area contributed by atoms with E-state index in [1.165, 1.54) is 19.3 Å². The van der Waals surface area contributed by atoms with Crippen LogP contribution >= 0.6 is 0 Å². The maximum atomic E-state index is 13.1. The van der Waals surface area contributed by atoms with E-state index < -0.39 is 0 Å². The van der Waals surface area contributed by atoms with Crippen molar-refractivity contribution in [3.05, 3.63) is 30.0 Å². The van der Waals surface area contributed by atoms with Gasteiger partial charge in [0.15, 0.2) is 0 Å². The second-order valence-corrected chi connectivity index (χ2v) is 8.83. The van der Waals surface area contributed by atoms with Gasteiger partial charge in [-0.15, -0.1) is 0 Å². The zero-order valence-corrected chi connectivity index (χ0v) is 15.8. The summed E-state index contributed by atoms with van der Waals surface area (Å²) in [6, 6.07) is 8.13. The molecular weight excluding hydrogens is 312 g/mol. The Morgan fingerprint density at radius 2 is 2.04 bits per heavy atom. The van der Waals surface area contributed by atoms with Crippen molar-refractivity contribution in [2.45, 2.75) is 46.1 Å². The molecule has 4 nitrogen and oxygen atoms in total. The smallest absolute Gasteiger partial charge is 0.268 e. The van der Waals surface area contributed by atoms with Crippen LogP contribution in [0.25, 0.3) is 10.9 Å². The van der Waals surface area contributed by atoms with Crippen LogP contribution in [-0.4, -0.2) is 23.6 Å². The SMILES string of the molecule is COc1ccc2c(c1)cc(C(=O)NC1C(C)(C)C3CC[C@]1(C)C3)n2C. The van der Waals surface area contributed by atoms with Gasteiger partial charge in [-0.2, -0.15) is 0 Å². The number of nitrogens with one attached hydrogen (secondary N) is 1. The monoisotopic (exact) mass is 340 g/mol. The van der Waals surface area contributed by atoms with Crippen molar-refractivity contribution in [2.75, 3.05) is 7.11 Å². The Morgan fingerprint density at radius 1 is 1.28 bits per heavy atom. The normalized spacial score (nSPS) is 30.0. The van der Waals surface area contributed by atoms with Gasteiger partial charge in [0.2, 0.25) is 0 Å². The number of ether oxygens (including phenoxy) is 1. The summed E-state index contributed by atoms with van der Waals surface area (Å²) in [5.74, 6) is 1.57. The van der Waals surface area contributed by atoms with Gasteiger partial charge in [-0.1, -0.05) is 20.8 Å². The molecule has 0 saturated heterocycles. The lowest BCUT2D eigenvalue weighted by atomic mass is 9.68. The molecule has 0 spiro atoms. The van der Waals surface area contributed by atoms with E-state index in [-0.39, 0.29) is 22.8 Å². The Labute approximate surface area is 149 Å². The molecule has 1 heterocycles. The predicted octanol–water partition coefficient (Wildman–Crippen LogP) is 4.13. The van der Waals surface area contributed by atoms with Crippen LogP contribution in [0.2, 0.25) is 0 Å². The molecule has 2 aromatic rings. The average molecular weight is 340 g/mol. The summed E-state index contributed by atoms with van der Waals surface area (Å²) < 4.78 is 7.28. The summed E-state index contributed by atoms with van der Waals surface area (Å²) >= 11 is 0. The Hall–Kier alpha value is -1.97. The zero-order chi connectivity index (χ0) is 18.0. The molecule has 3 atom stereocenters. The number of hydrogen-bond acceptors (Lipinski definition) is 2. The number of amides is 1. The van der Waals surface area contributed by atoms with Crippen LogP contribution in [0, 0.1) is 16.7 Å². The van der Waals surface area contributed by atoms with Gasteiger partial charge in [0.25, 0.3) is 5.91 Å². The van der Waals surface area contributed by atoms with Gasteiger partial charge in [-0.05, 0) is 60.3 Å². The minimum absolute atomic E-state index is 0.0320. The second kappa shape index (κ2) is 5.26. The molecule has 1 N–H and O–H groups in total. The quantitative estimate of drug-likeness (QED) is 0.913. The van der Waals surface area contributed by atoms with Gasteiger partial charge in [0.05, 0.1) is 7.11 Å². The highest BCUT2D eigenvalue weighted by molar-refractivity contribution is 5.99. The van der Waals surface area contributed by atoms with Crippen molar-refractivity contribution in [1.29, 1.82) is 0 Å². The number of hydrogen-bond donors (Lipinski definition) is 1. The molecule has 4 heteroatoms. The fourth-order valence-corrected chi connectivity index (χ4v) is 5.54. The third-order valence-corrected chi connectivity index (χ3v) is 7.03. The van der Waals surface area contributed by atoms with Crippen LogP contribution in [0.15, 0.2) is 24.3 Å². The largest absolute Gasteiger partial charge is 0.497 e. The van der Waals surface area contributed by atoms with Gasteiger partial charge in [0, 0.05) is 24.0 Å². The molecule has 1 amide bonds. The standard InChI is InChI=1S/C21H28N2O2/c1-20(2)14-8-9-21(3,12-14)19(20)22-18(24)17-11-13-10-15(25-5)6-7-16(13)23(17)4/h6-7,10-11,14,19H,8-9,12H2,1-5H3,(H,22,24)/t14?,19?,21-/m1/s1. The number of fused-ring (bicyclic) bond motifs is 3. The minimum atomic E-state index is 0.0320. The Morgan fingerprint density at radius 3 is 2.68 bits per heavy atom. The topological polar surface area (TPSA) is 43.3 Å². The zero-order valence-electron chi connectivity index (χ0n) is 15.8. The van der Waals surface area contributed by atoms with Crippen molar-refractivity contribution in [1.82, 2.24) is 9.88 Å². The first-order valence-corrected chi connectivity index (χ1v) is 9.20. The third-order valence-electron chi connectivity index (χ3n) is 7.03. The van der Waals surface area contributed by atoms with E-state index in [1.54, 1.807) is 7.11 Å². The minimum Gasteiger partial charge on any atom is -0.497 e. The first-order valence-electron chi connectivity index (χ1n) is 9.20.